The summed E-state index contributed by atoms with van der Waals surface area (Å²) in [5.41, 5.74) is 4.52. The van der Waals surface area contributed by atoms with Crippen molar-refractivity contribution in [1.82, 2.24) is 5.43 Å². The van der Waals surface area contributed by atoms with Crippen molar-refractivity contribution in [1.29, 1.82) is 0 Å². The quantitative estimate of drug-likeness (QED) is 0.321. The van der Waals surface area contributed by atoms with E-state index in [4.69, 9.17) is 9.47 Å². The Morgan fingerprint density at radius 3 is 2.40 bits per heavy atom. The predicted molar refractivity (Wildman–Crippen MR) is 138 cm³/mol. The minimum atomic E-state index is -3.99. The van der Waals surface area contributed by atoms with Crippen LogP contribution in [0.15, 0.2) is 81.2 Å². The van der Waals surface area contributed by atoms with E-state index in [1.807, 2.05) is 12.1 Å². The van der Waals surface area contributed by atoms with E-state index in [0.717, 1.165) is 9.87 Å². The van der Waals surface area contributed by atoms with Gasteiger partial charge in [-0.25, -0.2) is 13.8 Å². The molecule has 0 saturated heterocycles. The number of carbonyl (C=O) groups excluding carboxylic acids is 1. The van der Waals surface area contributed by atoms with Gasteiger partial charge in [0.1, 0.15) is 6.54 Å². The largest absolute Gasteiger partial charge is 0.454 e. The van der Waals surface area contributed by atoms with Crippen LogP contribution in [0.4, 0.5) is 5.69 Å². The van der Waals surface area contributed by atoms with E-state index in [2.05, 4.69) is 40.3 Å². The minimum absolute atomic E-state index is 0.0912. The number of amides is 1. The molecule has 1 N–H and O–H groups in total. The van der Waals surface area contributed by atoms with Gasteiger partial charge in [0.05, 0.1) is 16.8 Å². The molecule has 0 fully saturated rings. The van der Waals surface area contributed by atoms with Gasteiger partial charge in [-0.3, -0.25) is 9.10 Å². The third kappa shape index (κ3) is 5.66. The molecule has 35 heavy (non-hydrogen) atoms. The Balaban J connectivity index is 1.55. The number of anilines is 1. The SMILES string of the molecule is CC(C)c1ccc(N(CC(=O)N/N=C/c2cc3c(cc2Br)OCO3)S(=O)(=O)c2ccccc2)cc1. The highest BCUT2D eigenvalue weighted by Crippen LogP contribution is 2.36. The van der Waals surface area contributed by atoms with E-state index in [1.165, 1.54) is 18.3 Å². The number of benzene rings is 3. The number of rotatable bonds is 8. The van der Waals surface area contributed by atoms with Gasteiger partial charge in [0.15, 0.2) is 11.5 Å². The normalized spacial score (nSPS) is 12.8. The van der Waals surface area contributed by atoms with Crippen molar-refractivity contribution in [2.45, 2.75) is 24.7 Å². The van der Waals surface area contributed by atoms with E-state index >= 15 is 0 Å². The molecule has 0 unspecified atom stereocenters. The molecule has 10 heteroatoms. The summed E-state index contributed by atoms with van der Waals surface area (Å²) in [5.74, 6) is 0.885. The van der Waals surface area contributed by atoms with Crippen LogP contribution in [-0.4, -0.2) is 33.9 Å². The average Bonchev–Trinajstić information content (AvgIpc) is 3.30. The van der Waals surface area contributed by atoms with Crippen LogP contribution in [0.2, 0.25) is 0 Å². The fraction of sp³-hybridized carbons (Fsp3) is 0.200. The van der Waals surface area contributed by atoms with Gasteiger partial charge in [-0.2, -0.15) is 5.10 Å². The maximum atomic E-state index is 13.4. The van der Waals surface area contributed by atoms with Crippen LogP contribution in [0.25, 0.3) is 0 Å². The first-order valence-corrected chi connectivity index (χ1v) is 13.1. The lowest BCUT2D eigenvalue weighted by Gasteiger charge is -2.24. The molecule has 182 valence electrons. The summed E-state index contributed by atoms with van der Waals surface area (Å²) in [7, 11) is -3.99. The van der Waals surface area contributed by atoms with Gasteiger partial charge in [-0.15, -0.1) is 0 Å². The molecule has 0 saturated carbocycles. The molecule has 0 atom stereocenters. The average molecular weight is 558 g/mol. The second kappa shape index (κ2) is 10.5. The Morgan fingerprint density at radius 1 is 1.09 bits per heavy atom. The van der Waals surface area contributed by atoms with Gasteiger partial charge in [0.2, 0.25) is 6.79 Å². The first-order chi connectivity index (χ1) is 16.8. The van der Waals surface area contributed by atoms with Gasteiger partial charge in [-0.1, -0.05) is 44.2 Å². The number of ether oxygens (including phenoxy) is 2. The van der Waals surface area contributed by atoms with Gasteiger partial charge in [0.25, 0.3) is 15.9 Å². The number of hydrogen-bond donors (Lipinski definition) is 1. The van der Waals surface area contributed by atoms with Crippen molar-refractivity contribution in [3.8, 4) is 11.5 Å². The molecule has 1 amide bonds. The van der Waals surface area contributed by atoms with Crippen molar-refractivity contribution < 1.29 is 22.7 Å². The summed E-state index contributed by atoms with van der Waals surface area (Å²) >= 11 is 3.43. The zero-order valence-corrected chi connectivity index (χ0v) is 21.5. The highest BCUT2D eigenvalue weighted by Gasteiger charge is 2.27. The number of hydrogen-bond acceptors (Lipinski definition) is 6. The lowest BCUT2D eigenvalue weighted by molar-refractivity contribution is -0.119. The second-order valence-corrected chi connectivity index (χ2v) is 10.8. The molecule has 1 aliphatic heterocycles. The van der Waals surface area contributed by atoms with Crippen LogP contribution >= 0.6 is 15.9 Å². The monoisotopic (exact) mass is 557 g/mol. The first-order valence-electron chi connectivity index (χ1n) is 10.8. The highest BCUT2D eigenvalue weighted by atomic mass is 79.9. The minimum Gasteiger partial charge on any atom is -0.454 e. The molecular weight excluding hydrogens is 534 g/mol. The first kappa shape index (κ1) is 24.7. The summed E-state index contributed by atoms with van der Waals surface area (Å²) in [4.78, 5) is 12.8. The molecule has 8 nitrogen and oxygen atoms in total. The molecule has 0 bridgehead atoms. The molecule has 0 radical (unpaired) electrons. The topological polar surface area (TPSA) is 97.3 Å². The van der Waals surface area contributed by atoms with Gasteiger partial charge in [-0.05, 0) is 63.8 Å². The Labute approximate surface area is 212 Å². The highest BCUT2D eigenvalue weighted by molar-refractivity contribution is 9.10. The van der Waals surface area contributed by atoms with Crippen molar-refractivity contribution in [3.63, 3.8) is 0 Å². The number of halogens is 1. The summed E-state index contributed by atoms with van der Waals surface area (Å²) in [6, 6.07) is 18.6. The van der Waals surface area contributed by atoms with Gasteiger partial charge >= 0.3 is 0 Å². The molecule has 0 aromatic heterocycles. The summed E-state index contributed by atoms with van der Waals surface area (Å²) in [6.07, 6.45) is 1.44. The molecule has 1 heterocycles. The van der Waals surface area contributed by atoms with E-state index < -0.39 is 22.5 Å². The fourth-order valence-corrected chi connectivity index (χ4v) is 5.30. The summed E-state index contributed by atoms with van der Waals surface area (Å²) < 4.78 is 39.3. The number of nitrogens with zero attached hydrogens (tertiary/aromatic N) is 2. The summed E-state index contributed by atoms with van der Waals surface area (Å²) in [6.45, 7) is 3.80. The summed E-state index contributed by atoms with van der Waals surface area (Å²) in [5, 5.41) is 3.99. The van der Waals surface area contributed by atoms with Crippen LogP contribution in [0, 0.1) is 0 Å². The van der Waals surface area contributed by atoms with Crippen LogP contribution in [0.1, 0.15) is 30.9 Å². The molecule has 4 rings (SSSR count). The number of sulfonamides is 1. The molecular formula is C25H24BrN3O5S. The van der Waals surface area contributed by atoms with Crippen LogP contribution in [-0.2, 0) is 14.8 Å². The zero-order chi connectivity index (χ0) is 25.0. The smallest absolute Gasteiger partial charge is 0.264 e. The van der Waals surface area contributed by atoms with Gasteiger partial charge in [0, 0.05) is 10.0 Å². The van der Waals surface area contributed by atoms with E-state index in [-0.39, 0.29) is 17.6 Å². The van der Waals surface area contributed by atoms with Crippen molar-refractivity contribution >= 4 is 43.8 Å². The van der Waals surface area contributed by atoms with Crippen molar-refractivity contribution in [2.24, 2.45) is 5.10 Å². The van der Waals surface area contributed by atoms with Crippen LogP contribution in [0.3, 0.4) is 0 Å². The predicted octanol–water partition coefficient (Wildman–Crippen LogP) is 4.65. The molecule has 3 aromatic carbocycles. The Morgan fingerprint density at radius 2 is 1.74 bits per heavy atom. The Hall–Kier alpha value is -3.37. The molecule has 0 aliphatic carbocycles. The Kier molecular flexibility index (Phi) is 7.42. The standard InChI is InChI=1S/C25H24BrN3O5S/c1-17(2)18-8-10-20(11-9-18)29(35(31,32)21-6-4-3-5-7-21)15-25(30)28-27-14-19-12-23-24(13-22(19)26)34-16-33-23/h3-14,17H,15-16H2,1-2H3,(H,28,30)/b27-14+. The number of hydrazone groups is 1. The van der Waals surface area contributed by atoms with E-state index in [0.29, 0.717) is 27.2 Å². The zero-order valence-electron chi connectivity index (χ0n) is 19.1. The number of carbonyl (C=O) groups is 1. The fourth-order valence-electron chi connectivity index (χ4n) is 3.43. The lowest BCUT2D eigenvalue weighted by atomic mass is 10.0. The van der Waals surface area contributed by atoms with Crippen LogP contribution in [0.5, 0.6) is 11.5 Å². The number of nitrogens with one attached hydrogen (secondary N) is 1. The van der Waals surface area contributed by atoms with Crippen molar-refractivity contribution in [3.05, 3.63) is 82.3 Å². The van der Waals surface area contributed by atoms with E-state index in [1.54, 1.807) is 42.5 Å². The molecule has 0 spiro atoms. The van der Waals surface area contributed by atoms with Crippen molar-refractivity contribution in [2.75, 3.05) is 17.6 Å². The van der Waals surface area contributed by atoms with E-state index in [9.17, 15) is 13.2 Å². The second-order valence-electron chi connectivity index (χ2n) is 8.09. The molecule has 1 aliphatic rings. The maximum absolute atomic E-state index is 13.4. The lowest BCUT2D eigenvalue weighted by Crippen LogP contribution is -2.39. The third-order valence-corrected chi connectivity index (χ3v) is 7.83. The van der Waals surface area contributed by atoms with Crippen LogP contribution < -0.4 is 19.2 Å². The third-order valence-electron chi connectivity index (χ3n) is 5.35. The maximum Gasteiger partial charge on any atom is 0.264 e. The Bertz CT molecular complexity index is 1340. The van der Waals surface area contributed by atoms with Gasteiger partial charge < -0.3 is 9.47 Å². The molecule has 3 aromatic rings. The number of fused-ring (bicyclic) bond motifs is 1.